The molecule has 0 aromatic heterocycles. The summed E-state index contributed by atoms with van der Waals surface area (Å²) in [5.41, 5.74) is 1.12. The SMILES string of the molecule is CCNC(=O)NC(=O)C(C)N(Cc1ccc(OC)cc1)C1CC1. The van der Waals surface area contributed by atoms with E-state index in [-0.39, 0.29) is 11.9 Å². The number of ether oxygens (including phenoxy) is 1. The number of imide groups is 1. The molecule has 1 unspecified atom stereocenters. The molecule has 0 bridgehead atoms. The van der Waals surface area contributed by atoms with E-state index in [1.807, 2.05) is 38.1 Å². The Labute approximate surface area is 137 Å². The van der Waals surface area contributed by atoms with Crippen molar-refractivity contribution < 1.29 is 14.3 Å². The van der Waals surface area contributed by atoms with Crippen molar-refractivity contribution in [3.8, 4) is 5.75 Å². The van der Waals surface area contributed by atoms with E-state index < -0.39 is 6.03 Å². The monoisotopic (exact) mass is 319 g/mol. The molecule has 2 rings (SSSR count). The first kappa shape index (κ1) is 17.3. The van der Waals surface area contributed by atoms with Gasteiger partial charge in [0.1, 0.15) is 5.75 Å². The van der Waals surface area contributed by atoms with Crippen LogP contribution in [0.5, 0.6) is 5.75 Å². The van der Waals surface area contributed by atoms with E-state index in [1.54, 1.807) is 7.11 Å². The molecule has 2 N–H and O–H groups in total. The van der Waals surface area contributed by atoms with Gasteiger partial charge in [-0.25, -0.2) is 4.79 Å². The minimum atomic E-state index is -0.440. The van der Waals surface area contributed by atoms with Crippen LogP contribution < -0.4 is 15.4 Å². The van der Waals surface area contributed by atoms with E-state index in [4.69, 9.17) is 4.74 Å². The summed E-state index contributed by atoms with van der Waals surface area (Å²) in [7, 11) is 1.64. The first-order valence-electron chi connectivity index (χ1n) is 8.02. The third-order valence-corrected chi connectivity index (χ3v) is 3.99. The molecular weight excluding hydrogens is 294 g/mol. The van der Waals surface area contributed by atoms with Gasteiger partial charge in [-0.3, -0.25) is 15.0 Å². The van der Waals surface area contributed by atoms with Crippen LogP contribution in [0.2, 0.25) is 0 Å². The van der Waals surface area contributed by atoms with Gasteiger partial charge in [-0.15, -0.1) is 0 Å². The van der Waals surface area contributed by atoms with Crippen molar-refractivity contribution in [3.05, 3.63) is 29.8 Å². The van der Waals surface area contributed by atoms with Crippen molar-refractivity contribution in [2.24, 2.45) is 0 Å². The summed E-state index contributed by atoms with van der Waals surface area (Å²) >= 11 is 0. The van der Waals surface area contributed by atoms with Crippen molar-refractivity contribution >= 4 is 11.9 Å². The quantitative estimate of drug-likeness (QED) is 0.805. The molecule has 1 saturated carbocycles. The Hall–Kier alpha value is -2.08. The lowest BCUT2D eigenvalue weighted by Gasteiger charge is -2.28. The fraction of sp³-hybridized carbons (Fsp3) is 0.529. The number of carbonyl (C=O) groups excluding carboxylic acids is 2. The first-order chi connectivity index (χ1) is 11.0. The maximum atomic E-state index is 12.3. The number of rotatable bonds is 7. The molecule has 1 aliphatic carbocycles. The Bertz CT molecular complexity index is 541. The lowest BCUT2D eigenvalue weighted by molar-refractivity contribution is -0.125. The van der Waals surface area contributed by atoms with Crippen molar-refractivity contribution in [2.75, 3.05) is 13.7 Å². The lowest BCUT2D eigenvalue weighted by Crippen LogP contribution is -2.50. The molecule has 0 saturated heterocycles. The van der Waals surface area contributed by atoms with Gasteiger partial charge in [0.25, 0.3) is 0 Å². The minimum Gasteiger partial charge on any atom is -0.497 e. The fourth-order valence-electron chi connectivity index (χ4n) is 2.50. The number of hydrogen-bond donors (Lipinski definition) is 2. The fourth-order valence-corrected chi connectivity index (χ4v) is 2.50. The van der Waals surface area contributed by atoms with Crippen molar-refractivity contribution in [1.82, 2.24) is 15.5 Å². The molecule has 3 amide bonds. The molecule has 0 aliphatic heterocycles. The predicted octanol–water partition coefficient (Wildman–Crippen LogP) is 1.89. The van der Waals surface area contributed by atoms with Crippen LogP contribution in [0.25, 0.3) is 0 Å². The zero-order chi connectivity index (χ0) is 16.8. The second kappa shape index (κ2) is 7.97. The van der Waals surface area contributed by atoms with E-state index in [0.29, 0.717) is 19.1 Å². The highest BCUT2D eigenvalue weighted by Gasteiger charge is 2.35. The summed E-state index contributed by atoms with van der Waals surface area (Å²) in [5, 5.41) is 4.97. The van der Waals surface area contributed by atoms with Gasteiger partial charge in [-0.05, 0) is 44.4 Å². The molecule has 6 heteroatoms. The number of methoxy groups -OCH3 is 1. The summed E-state index contributed by atoms with van der Waals surface area (Å²) in [6, 6.07) is 7.45. The highest BCUT2D eigenvalue weighted by atomic mass is 16.5. The Morgan fingerprint density at radius 2 is 1.96 bits per heavy atom. The van der Waals surface area contributed by atoms with Gasteiger partial charge in [0.2, 0.25) is 5.91 Å². The number of benzene rings is 1. The van der Waals surface area contributed by atoms with Gasteiger partial charge in [0.05, 0.1) is 13.2 Å². The normalized spacial score (nSPS) is 15.1. The summed E-state index contributed by atoms with van der Waals surface area (Å²) in [6.07, 6.45) is 2.18. The molecule has 1 aromatic carbocycles. The average molecular weight is 319 g/mol. The number of urea groups is 1. The second-order valence-corrected chi connectivity index (χ2v) is 5.78. The molecule has 126 valence electrons. The predicted molar refractivity (Wildman–Crippen MR) is 88.2 cm³/mol. The summed E-state index contributed by atoms with van der Waals surface area (Å²) < 4.78 is 5.16. The smallest absolute Gasteiger partial charge is 0.321 e. The molecule has 1 fully saturated rings. The minimum absolute atomic E-state index is 0.267. The van der Waals surface area contributed by atoms with Crippen LogP contribution in [0.4, 0.5) is 4.79 Å². The van der Waals surface area contributed by atoms with Crippen LogP contribution in [0, 0.1) is 0 Å². The Morgan fingerprint density at radius 3 is 2.48 bits per heavy atom. The van der Waals surface area contributed by atoms with Crippen LogP contribution in [0.1, 0.15) is 32.3 Å². The van der Waals surface area contributed by atoms with Crippen molar-refractivity contribution in [3.63, 3.8) is 0 Å². The average Bonchev–Trinajstić information content (AvgIpc) is 3.37. The number of amides is 3. The van der Waals surface area contributed by atoms with Crippen LogP contribution in [-0.2, 0) is 11.3 Å². The molecule has 1 aromatic rings. The van der Waals surface area contributed by atoms with E-state index >= 15 is 0 Å². The standard InChI is InChI=1S/C17H25N3O3/c1-4-18-17(22)19-16(21)12(2)20(14-7-8-14)11-13-5-9-15(23-3)10-6-13/h5-6,9-10,12,14H,4,7-8,11H2,1-3H3,(H2,18,19,21,22). The third-order valence-electron chi connectivity index (χ3n) is 3.99. The first-order valence-corrected chi connectivity index (χ1v) is 8.02. The number of hydrogen-bond acceptors (Lipinski definition) is 4. The van der Waals surface area contributed by atoms with Gasteiger partial charge in [0.15, 0.2) is 0 Å². The molecule has 0 radical (unpaired) electrons. The van der Waals surface area contributed by atoms with Gasteiger partial charge in [-0.1, -0.05) is 12.1 Å². The highest BCUT2D eigenvalue weighted by Crippen LogP contribution is 2.30. The molecule has 1 aliphatic rings. The molecule has 0 spiro atoms. The van der Waals surface area contributed by atoms with Gasteiger partial charge in [0, 0.05) is 19.1 Å². The van der Waals surface area contributed by atoms with E-state index in [0.717, 1.165) is 24.2 Å². The maximum absolute atomic E-state index is 12.3. The molecular formula is C17H25N3O3. The Morgan fingerprint density at radius 1 is 1.30 bits per heavy atom. The van der Waals surface area contributed by atoms with E-state index in [1.165, 1.54) is 0 Å². The van der Waals surface area contributed by atoms with Crippen molar-refractivity contribution in [1.29, 1.82) is 0 Å². The van der Waals surface area contributed by atoms with Crippen molar-refractivity contribution in [2.45, 2.75) is 45.3 Å². The highest BCUT2D eigenvalue weighted by molar-refractivity contribution is 5.96. The Balaban J connectivity index is 1.99. The van der Waals surface area contributed by atoms with Gasteiger partial charge in [-0.2, -0.15) is 0 Å². The third kappa shape index (κ3) is 4.96. The van der Waals surface area contributed by atoms with Crippen LogP contribution in [-0.4, -0.2) is 42.6 Å². The topological polar surface area (TPSA) is 70.7 Å². The van der Waals surface area contributed by atoms with Gasteiger partial charge >= 0.3 is 6.03 Å². The zero-order valence-corrected chi connectivity index (χ0v) is 14.0. The summed E-state index contributed by atoms with van der Waals surface area (Å²) in [5.74, 6) is 0.546. The zero-order valence-electron chi connectivity index (χ0n) is 14.0. The number of nitrogens with zero attached hydrogens (tertiary/aromatic N) is 1. The molecule has 1 atom stereocenters. The van der Waals surface area contributed by atoms with Crippen LogP contribution >= 0.6 is 0 Å². The maximum Gasteiger partial charge on any atom is 0.321 e. The van der Waals surface area contributed by atoms with E-state index in [9.17, 15) is 9.59 Å². The lowest BCUT2D eigenvalue weighted by atomic mass is 10.1. The summed E-state index contributed by atoms with van der Waals surface area (Å²) in [6.45, 7) is 4.83. The van der Waals surface area contributed by atoms with E-state index in [2.05, 4.69) is 15.5 Å². The number of carbonyl (C=O) groups is 2. The molecule has 6 nitrogen and oxygen atoms in total. The second-order valence-electron chi connectivity index (χ2n) is 5.78. The largest absolute Gasteiger partial charge is 0.497 e. The van der Waals surface area contributed by atoms with Gasteiger partial charge < -0.3 is 10.1 Å². The molecule has 23 heavy (non-hydrogen) atoms. The van der Waals surface area contributed by atoms with Crippen LogP contribution in [0.3, 0.4) is 0 Å². The van der Waals surface area contributed by atoms with Crippen LogP contribution in [0.15, 0.2) is 24.3 Å². The number of nitrogens with one attached hydrogen (secondary N) is 2. The summed E-state index contributed by atoms with van der Waals surface area (Å²) in [4.78, 5) is 25.9. The molecule has 0 heterocycles. The Kier molecular flexibility index (Phi) is 5.98.